The molecule has 6 heteroatoms. The van der Waals surface area contributed by atoms with E-state index in [9.17, 15) is 9.59 Å². The molecule has 6 nitrogen and oxygen atoms in total. The van der Waals surface area contributed by atoms with Gasteiger partial charge >= 0.3 is 6.09 Å². The van der Waals surface area contributed by atoms with E-state index in [1.165, 1.54) is 0 Å². The number of para-hydroxylation sites is 2. The van der Waals surface area contributed by atoms with Crippen molar-refractivity contribution in [2.75, 3.05) is 29.9 Å². The van der Waals surface area contributed by atoms with Crippen molar-refractivity contribution >= 4 is 23.8 Å². The first-order valence-corrected chi connectivity index (χ1v) is 10.6. The Hall–Kier alpha value is -3.80. The number of ether oxygens (including phenoxy) is 2. The lowest BCUT2D eigenvalue weighted by Gasteiger charge is -2.28. The summed E-state index contributed by atoms with van der Waals surface area (Å²) >= 11 is 0. The molecule has 0 aliphatic rings. The van der Waals surface area contributed by atoms with Crippen LogP contribution in [0.3, 0.4) is 0 Å². The maximum absolute atomic E-state index is 12.5. The first-order chi connectivity index (χ1) is 15.6. The van der Waals surface area contributed by atoms with Crippen molar-refractivity contribution in [1.29, 1.82) is 0 Å². The molecule has 0 radical (unpaired) electrons. The van der Waals surface area contributed by atoms with Crippen molar-refractivity contribution in [2.45, 2.75) is 20.0 Å². The van der Waals surface area contributed by atoms with Crippen LogP contribution >= 0.6 is 0 Å². The molecule has 3 aromatic rings. The summed E-state index contributed by atoms with van der Waals surface area (Å²) in [5, 5.41) is 2.75. The molecule has 3 aromatic carbocycles. The Morgan fingerprint density at radius 3 is 2.34 bits per heavy atom. The van der Waals surface area contributed by atoms with E-state index in [1.807, 2.05) is 74.5 Å². The Morgan fingerprint density at radius 1 is 1.03 bits per heavy atom. The van der Waals surface area contributed by atoms with E-state index in [2.05, 4.69) is 10.2 Å². The molecule has 0 saturated carbocycles. The molecule has 0 aromatic heterocycles. The molecule has 1 amide bonds. The molecular weight excluding hydrogens is 404 g/mol. The second kappa shape index (κ2) is 11.6. The molecule has 166 valence electrons. The topological polar surface area (TPSA) is 67.9 Å². The van der Waals surface area contributed by atoms with Gasteiger partial charge in [0.1, 0.15) is 18.6 Å². The minimum absolute atomic E-state index is 0.203. The largest absolute Gasteiger partial charge is 0.490 e. The number of carbonyl (C=O) groups is 2. The Labute approximate surface area is 188 Å². The SMILES string of the molecule is CCN(CC(COc1ccccc1)OC(=O)Nc1ccccc1)c1ccc(C=O)c(C)c1. The third-order valence-electron chi connectivity index (χ3n) is 5.02. The second-order valence-corrected chi connectivity index (χ2v) is 7.34. The van der Waals surface area contributed by atoms with E-state index in [0.717, 1.165) is 17.5 Å². The number of amides is 1. The van der Waals surface area contributed by atoms with Crippen LogP contribution in [0.1, 0.15) is 22.8 Å². The van der Waals surface area contributed by atoms with Gasteiger partial charge < -0.3 is 14.4 Å². The van der Waals surface area contributed by atoms with Crippen LogP contribution in [0.5, 0.6) is 5.75 Å². The number of aldehydes is 1. The predicted molar refractivity (Wildman–Crippen MR) is 127 cm³/mol. The highest BCUT2D eigenvalue weighted by molar-refractivity contribution is 5.84. The van der Waals surface area contributed by atoms with E-state index >= 15 is 0 Å². The van der Waals surface area contributed by atoms with E-state index in [-0.39, 0.29) is 6.61 Å². The molecular formula is C26H28N2O4. The van der Waals surface area contributed by atoms with Crippen molar-refractivity contribution in [3.63, 3.8) is 0 Å². The van der Waals surface area contributed by atoms with E-state index in [4.69, 9.17) is 9.47 Å². The monoisotopic (exact) mass is 432 g/mol. The van der Waals surface area contributed by atoms with Crippen LogP contribution in [0.25, 0.3) is 0 Å². The van der Waals surface area contributed by atoms with E-state index in [0.29, 0.717) is 30.1 Å². The summed E-state index contributed by atoms with van der Waals surface area (Å²) in [5.74, 6) is 0.707. The van der Waals surface area contributed by atoms with Crippen molar-refractivity contribution < 1.29 is 19.1 Å². The normalized spacial score (nSPS) is 11.3. The first kappa shape index (κ1) is 22.9. The quantitative estimate of drug-likeness (QED) is 0.439. The molecule has 0 saturated heterocycles. The van der Waals surface area contributed by atoms with Gasteiger partial charge in [-0.1, -0.05) is 36.4 Å². The lowest BCUT2D eigenvalue weighted by molar-refractivity contribution is 0.0785. The number of carbonyl (C=O) groups excluding carboxylic acids is 2. The highest BCUT2D eigenvalue weighted by Crippen LogP contribution is 2.20. The molecule has 0 spiro atoms. The summed E-state index contributed by atoms with van der Waals surface area (Å²) < 4.78 is 11.6. The molecule has 3 rings (SSSR count). The van der Waals surface area contributed by atoms with Crippen LogP contribution in [-0.2, 0) is 4.74 Å². The Morgan fingerprint density at radius 2 is 1.72 bits per heavy atom. The zero-order valence-electron chi connectivity index (χ0n) is 18.4. The van der Waals surface area contributed by atoms with Gasteiger partial charge in [0, 0.05) is 23.5 Å². The lowest BCUT2D eigenvalue weighted by Crippen LogP contribution is -2.39. The number of aryl methyl sites for hydroxylation is 1. The number of nitrogens with zero attached hydrogens (tertiary/aromatic N) is 1. The van der Waals surface area contributed by atoms with Crippen molar-refractivity contribution in [1.82, 2.24) is 0 Å². The second-order valence-electron chi connectivity index (χ2n) is 7.34. The average molecular weight is 433 g/mol. The number of hydrogen-bond donors (Lipinski definition) is 1. The van der Waals surface area contributed by atoms with Gasteiger partial charge in [0.05, 0.1) is 6.54 Å². The molecule has 0 fully saturated rings. The fraction of sp³-hybridized carbons (Fsp3) is 0.231. The summed E-state index contributed by atoms with van der Waals surface area (Å²) in [4.78, 5) is 25.8. The van der Waals surface area contributed by atoms with E-state index < -0.39 is 12.2 Å². The van der Waals surface area contributed by atoms with Crippen LogP contribution in [-0.4, -0.2) is 38.2 Å². The minimum Gasteiger partial charge on any atom is -0.490 e. The number of rotatable bonds is 10. The molecule has 0 aliphatic carbocycles. The van der Waals surface area contributed by atoms with Gasteiger partial charge in [-0.05, 0) is 61.9 Å². The fourth-order valence-corrected chi connectivity index (χ4v) is 3.30. The third kappa shape index (κ3) is 6.60. The molecule has 0 bridgehead atoms. The molecule has 0 heterocycles. The predicted octanol–water partition coefficient (Wildman–Crippen LogP) is 5.33. The number of benzene rings is 3. The Bertz CT molecular complexity index is 1010. The maximum atomic E-state index is 12.5. The summed E-state index contributed by atoms with van der Waals surface area (Å²) in [5.41, 5.74) is 3.17. The summed E-state index contributed by atoms with van der Waals surface area (Å²) in [6.07, 6.45) is -0.213. The van der Waals surface area contributed by atoms with Crippen LogP contribution in [0.2, 0.25) is 0 Å². The van der Waals surface area contributed by atoms with E-state index in [1.54, 1.807) is 18.2 Å². The third-order valence-corrected chi connectivity index (χ3v) is 5.02. The first-order valence-electron chi connectivity index (χ1n) is 10.6. The Kier molecular flexibility index (Phi) is 8.26. The summed E-state index contributed by atoms with van der Waals surface area (Å²) in [7, 11) is 0. The average Bonchev–Trinajstić information content (AvgIpc) is 2.82. The van der Waals surface area contributed by atoms with Gasteiger partial charge in [-0.25, -0.2) is 4.79 Å². The van der Waals surface area contributed by atoms with Gasteiger partial charge in [-0.15, -0.1) is 0 Å². The molecule has 0 aliphatic heterocycles. The number of anilines is 2. The van der Waals surface area contributed by atoms with Gasteiger partial charge in [0.15, 0.2) is 6.10 Å². The number of likely N-dealkylation sites (N-methyl/N-ethyl adjacent to an activating group) is 1. The van der Waals surface area contributed by atoms with Gasteiger partial charge in [-0.2, -0.15) is 0 Å². The van der Waals surface area contributed by atoms with Gasteiger partial charge in [0.2, 0.25) is 0 Å². The molecule has 1 N–H and O–H groups in total. The van der Waals surface area contributed by atoms with Crippen molar-refractivity contribution in [3.05, 3.63) is 90.0 Å². The van der Waals surface area contributed by atoms with Crippen LogP contribution in [0.15, 0.2) is 78.9 Å². The fourth-order valence-electron chi connectivity index (χ4n) is 3.30. The van der Waals surface area contributed by atoms with Crippen LogP contribution in [0.4, 0.5) is 16.2 Å². The number of nitrogens with one attached hydrogen (secondary N) is 1. The van der Waals surface area contributed by atoms with Crippen LogP contribution < -0.4 is 15.0 Å². The summed E-state index contributed by atoms with van der Waals surface area (Å²) in [6.45, 7) is 5.27. The van der Waals surface area contributed by atoms with Crippen molar-refractivity contribution in [3.8, 4) is 5.75 Å². The lowest BCUT2D eigenvalue weighted by atomic mass is 10.1. The maximum Gasteiger partial charge on any atom is 0.412 e. The standard InChI is InChI=1S/C26H28N2O4/c1-3-28(23-15-14-21(18-29)20(2)16-23)17-25(19-31-24-12-8-5-9-13-24)32-26(30)27-22-10-6-4-7-11-22/h4-16,18,25H,3,17,19H2,1-2H3,(H,27,30). The number of hydrogen-bond acceptors (Lipinski definition) is 5. The molecule has 1 unspecified atom stereocenters. The molecule has 32 heavy (non-hydrogen) atoms. The zero-order valence-corrected chi connectivity index (χ0v) is 18.4. The Balaban J connectivity index is 1.72. The van der Waals surface area contributed by atoms with Gasteiger partial charge in [-0.3, -0.25) is 10.1 Å². The van der Waals surface area contributed by atoms with Crippen LogP contribution in [0, 0.1) is 6.92 Å². The highest BCUT2D eigenvalue weighted by Gasteiger charge is 2.20. The van der Waals surface area contributed by atoms with Crippen molar-refractivity contribution in [2.24, 2.45) is 0 Å². The molecule has 1 atom stereocenters. The zero-order chi connectivity index (χ0) is 22.8. The smallest absolute Gasteiger partial charge is 0.412 e. The summed E-state index contributed by atoms with van der Waals surface area (Å²) in [6, 6.07) is 24.3. The minimum atomic E-state index is -0.540. The highest BCUT2D eigenvalue weighted by atomic mass is 16.6. The van der Waals surface area contributed by atoms with Gasteiger partial charge in [0.25, 0.3) is 0 Å².